The average Bonchev–Trinajstić information content (AvgIpc) is 2.98. The van der Waals surface area contributed by atoms with Gasteiger partial charge in [-0.2, -0.15) is 0 Å². The summed E-state index contributed by atoms with van der Waals surface area (Å²) in [4.78, 5) is 29.0. The molecule has 2 aromatic heterocycles. The van der Waals surface area contributed by atoms with Gasteiger partial charge in [0.2, 0.25) is 5.91 Å². The Kier molecular flexibility index (Phi) is 5.76. The van der Waals surface area contributed by atoms with E-state index in [1.807, 2.05) is 38.2 Å². The van der Waals surface area contributed by atoms with Crippen LogP contribution in [-0.4, -0.2) is 27.7 Å². The van der Waals surface area contributed by atoms with E-state index in [-0.39, 0.29) is 18.2 Å². The molecule has 7 heteroatoms. The predicted molar refractivity (Wildman–Crippen MR) is 106 cm³/mol. The molecule has 140 valence electrons. The monoisotopic (exact) mass is 384 g/mol. The number of nitrogens with zero attached hydrogens (tertiary/aromatic N) is 2. The summed E-state index contributed by atoms with van der Waals surface area (Å²) < 4.78 is 1.80. The van der Waals surface area contributed by atoms with Crippen LogP contribution in [0.15, 0.2) is 42.6 Å². The van der Waals surface area contributed by atoms with Gasteiger partial charge in [-0.1, -0.05) is 29.8 Å². The zero-order chi connectivity index (χ0) is 19.4. The molecular formula is C20H21ClN4O2. The number of imidazole rings is 1. The number of benzene rings is 1. The number of rotatable bonds is 6. The fourth-order valence-electron chi connectivity index (χ4n) is 2.90. The molecule has 0 saturated carbocycles. The van der Waals surface area contributed by atoms with E-state index in [1.54, 1.807) is 22.6 Å². The lowest BCUT2D eigenvalue weighted by molar-refractivity contribution is -0.116. The van der Waals surface area contributed by atoms with Gasteiger partial charge in [0.1, 0.15) is 11.3 Å². The molecule has 0 aliphatic carbocycles. The van der Waals surface area contributed by atoms with Gasteiger partial charge in [-0.05, 0) is 44.0 Å². The molecule has 2 amide bonds. The second kappa shape index (κ2) is 8.22. The summed E-state index contributed by atoms with van der Waals surface area (Å²) >= 11 is 6.02. The van der Waals surface area contributed by atoms with Gasteiger partial charge in [0.05, 0.1) is 16.4 Å². The summed E-state index contributed by atoms with van der Waals surface area (Å²) in [5, 5.41) is 6.13. The first kappa shape index (κ1) is 18.9. The number of para-hydroxylation sites is 1. The third kappa shape index (κ3) is 4.28. The quantitative estimate of drug-likeness (QED) is 0.635. The lowest BCUT2D eigenvalue weighted by Gasteiger charge is -2.08. The number of carbonyl (C=O) groups is 2. The molecule has 3 aromatic rings. The van der Waals surface area contributed by atoms with Crippen LogP contribution >= 0.6 is 11.6 Å². The number of aromatic nitrogens is 2. The number of hydrogen-bond acceptors (Lipinski definition) is 3. The Bertz CT molecular complexity index is 997. The zero-order valence-corrected chi connectivity index (χ0v) is 16.0. The molecule has 0 bridgehead atoms. The van der Waals surface area contributed by atoms with Crippen molar-refractivity contribution in [1.82, 2.24) is 14.7 Å². The van der Waals surface area contributed by atoms with Crippen LogP contribution in [0.2, 0.25) is 5.02 Å². The summed E-state index contributed by atoms with van der Waals surface area (Å²) in [6, 6.07) is 10.9. The maximum Gasteiger partial charge on any atom is 0.270 e. The molecule has 0 unspecified atom stereocenters. The SMILES string of the molecule is Cc1nc2c(C)cccn2c1C(=O)NCCCC(=O)Nc1ccccc1Cl. The van der Waals surface area contributed by atoms with Crippen molar-refractivity contribution < 1.29 is 9.59 Å². The van der Waals surface area contributed by atoms with Crippen molar-refractivity contribution in [1.29, 1.82) is 0 Å². The van der Waals surface area contributed by atoms with Crippen LogP contribution in [0.1, 0.15) is 34.6 Å². The highest BCUT2D eigenvalue weighted by atomic mass is 35.5. The first-order chi connectivity index (χ1) is 13.0. The van der Waals surface area contributed by atoms with Crippen LogP contribution in [0.4, 0.5) is 5.69 Å². The largest absolute Gasteiger partial charge is 0.351 e. The third-order valence-corrected chi connectivity index (χ3v) is 4.58. The minimum Gasteiger partial charge on any atom is -0.351 e. The van der Waals surface area contributed by atoms with Crippen molar-refractivity contribution in [3.8, 4) is 0 Å². The molecule has 2 N–H and O–H groups in total. The molecule has 6 nitrogen and oxygen atoms in total. The number of carbonyl (C=O) groups excluding carboxylic acids is 2. The maximum atomic E-state index is 12.5. The Morgan fingerprint density at radius 2 is 1.93 bits per heavy atom. The summed E-state index contributed by atoms with van der Waals surface area (Å²) in [7, 11) is 0. The third-order valence-electron chi connectivity index (χ3n) is 4.25. The highest BCUT2D eigenvalue weighted by Crippen LogP contribution is 2.20. The summed E-state index contributed by atoms with van der Waals surface area (Å²) in [6.07, 6.45) is 2.64. The van der Waals surface area contributed by atoms with Crippen LogP contribution < -0.4 is 10.6 Å². The highest BCUT2D eigenvalue weighted by Gasteiger charge is 2.17. The maximum absolute atomic E-state index is 12.5. The van der Waals surface area contributed by atoms with Crippen LogP contribution in [-0.2, 0) is 4.79 Å². The van der Waals surface area contributed by atoms with Gasteiger partial charge in [0.25, 0.3) is 5.91 Å². The molecule has 0 radical (unpaired) electrons. The molecular weight excluding hydrogens is 364 g/mol. The van der Waals surface area contributed by atoms with Crippen molar-refractivity contribution >= 4 is 34.7 Å². The van der Waals surface area contributed by atoms with Crippen molar-refractivity contribution in [2.75, 3.05) is 11.9 Å². The minimum absolute atomic E-state index is 0.140. The average molecular weight is 385 g/mol. The van der Waals surface area contributed by atoms with Crippen LogP contribution in [0.25, 0.3) is 5.65 Å². The number of aryl methyl sites for hydroxylation is 2. The van der Waals surface area contributed by atoms with Gasteiger partial charge < -0.3 is 10.6 Å². The van der Waals surface area contributed by atoms with Gasteiger partial charge in [-0.25, -0.2) is 4.98 Å². The number of halogens is 1. The smallest absolute Gasteiger partial charge is 0.270 e. The molecule has 0 aliphatic heterocycles. The van der Waals surface area contributed by atoms with Crippen LogP contribution in [0.5, 0.6) is 0 Å². The number of nitrogens with one attached hydrogen (secondary N) is 2. The Hall–Kier alpha value is -2.86. The number of amides is 2. The van der Waals surface area contributed by atoms with E-state index in [4.69, 9.17) is 11.6 Å². The van der Waals surface area contributed by atoms with Crippen molar-refractivity contribution in [2.45, 2.75) is 26.7 Å². The lowest BCUT2D eigenvalue weighted by Crippen LogP contribution is -2.27. The first-order valence-electron chi connectivity index (χ1n) is 8.74. The molecule has 27 heavy (non-hydrogen) atoms. The van der Waals surface area contributed by atoms with E-state index in [9.17, 15) is 9.59 Å². The highest BCUT2D eigenvalue weighted by molar-refractivity contribution is 6.33. The van der Waals surface area contributed by atoms with E-state index in [1.165, 1.54) is 0 Å². The lowest BCUT2D eigenvalue weighted by atomic mass is 10.2. The molecule has 3 rings (SSSR count). The van der Waals surface area contributed by atoms with Crippen molar-refractivity contribution in [3.63, 3.8) is 0 Å². The Balaban J connectivity index is 1.53. The minimum atomic E-state index is -0.197. The molecule has 0 saturated heterocycles. The molecule has 0 aliphatic rings. The van der Waals surface area contributed by atoms with E-state index >= 15 is 0 Å². The van der Waals surface area contributed by atoms with Crippen LogP contribution in [0, 0.1) is 13.8 Å². The fourth-order valence-corrected chi connectivity index (χ4v) is 3.08. The van der Waals surface area contributed by atoms with Crippen molar-refractivity contribution in [2.24, 2.45) is 0 Å². The topological polar surface area (TPSA) is 75.5 Å². The number of anilines is 1. The fraction of sp³-hybridized carbons (Fsp3) is 0.250. The van der Waals surface area contributed by atoms with Crippen molar-refractivity contribution in [3.05, 3.63) is 64.6 Å². The van der Waals surface area contributed by atoms with Gasteiger partial charge in [0.15, 0.2) is 0 Å². The zero-order valence-electron chi connectivity index (χ0n) is 15.3. The number of hydrogen-bond donors (Lipinski definition) is 2. The van der Waals surface area contributed by atoms with Gasteiger partial charge in [-0.3, -0.25) is 14.0 Å². The van der Waals surface area contributed by atoms with E-state index < -0.39 is 0 Å². The molecule has 0 atom stereocenters. The van der Waals surface area contributed by atoms with Gasteiger partial charge in [-0.15, -0.1) is 0 Å². The standard InChI is InChI=1S/C20H21ClN4O2/c1-13-7-6-12-25-18(14(2)23-19(13)25)20(27)22-11-5-10-17(26)24-16-9-4-3-8-15(16)21/h3-4,6-9,12H,5,10-11H2,1-2H3,(H,22,27)(H,24,26). The molecule has 0 spiro atoms. The molecule has 2 heterocycles. The van der Waals surface area contributed by atoms with E-state index in [2.05, 4.69) is 15.6 Å². The Morgan fingerprint density at radius 1 is 1.15 bits per heavy atom. The summed E-state index contributed by atoms with van der Waals surface area (Å²) in [5.74, 6) is -0.337. The second-order valence-corrected chi connectivity index (χ2v) is 6.73. The Labute approximate surface area is 162 Å². The van der Waals surface area contributed by atoms with Gasteiger partial charge >= 0.3 is 0 Å². The number of pyridine rings is 1. The summed E-state index contributed by atoms with van der Waals surface area (Å²) in [5.41, 5.74) is 3.58. The Morgan fingerprint density at radius 3 is 2.70 bits per heavy atom. The van der Waals surface area contributed by atoms with E-state index in [0.717, 1.165) is 11.2 Å². The summed E-state index contributed by atoms with van der Waals surface area (Å²) in [6.45, 7) is 4.17. The van der Waals surface area contributed by atoms with Gasteiger partial charge in [0, 0.05) is 19.2 Å². The van der Waals surface area contributed by atoms with E-state index in [0.29, 0.717) is 35.1 Å². The predicted octanol–water partition coefficient (Wildman–Crippen LogP) is 3.75. The molecule has 0 fully saturated rings. The molecule has 1 aromatic carbocycles. The van der Waals surface area contributed by atoms with Crippen LogP contribution in [0.3, 0.4) is 0 Å². The first-order valence-corrected chi connectivity index (χ1v) is 9.12. The second-order valence-electron chi connectivity index (χ2n) is 6.32. The normalized spacial score (nSPS) is 10.8. The number of fused-ring (bicyclic) bond motifs is 1.